The summed E-state index contributed by atoms with van der Waals surface area (Å²) in [6.45, 7) is 0. The predicted molar refractivity (Wildman–Crippen MR) is 243 cm³/mol. The Morgan fingerprint density at radius 2 is 0.667 bits per heavy atom. The number of anilines is 3. The van der Waals surface area contributed by atoms with E-state index in [9.17, 15) is 0 Å². The van der Waals surface area contributed by atoms with Crippen LogP contribution >= 0.6 is 0 Å². The van der Waals surface area contributed by atoms with Gasteiger partial charge in [0, 0.05) is 17.1 Å². The predicted octanol–water partition coefficient (Wildman–Crippen LogP) is 15.8. The molecule has 0 amide bonds. The maximum absolute atomic E-state index is 2.35. The van der Waals surface area contributed by atoms with Crippen LogP contribution < -0.4 is 4.90 Å². The minimum Gasteiger partial charge on any atom is -0.311 e. The van der Waals surface area contributed by atoms with Crippen molar-refractivity contribution < 1.29 is 0 Å². The second-order valence-electron chi connectivity index (χ2n) is 14.6. The van der Waals surface area contributed by atoms with Gasteiger partial charge in [-0.1, -0.05) is 188 Å². The van der Waals surface area contributed by atoms with Gasteiger partial charge in [-0.05, 0) is 126 Å². The van der Waals surface area contributed by atoms with E-state index in [1.807, 2.05) is 0 Å². The highest BCUT2D eigenvalue weighted by Gasteiger charge is 2.16. The van der Waals surface area contributed by atoms with Crippen molar-refractivity contribution >= 4 is 38.6 Å². The van der Waals surface area contributed by atoms with Gasteiger partial charge in [-0.15, -0.1) is 0 Å². The summed E-state index contributed by atoms with van der Waals surface area (Å²) in [7, 11) is 0. The number of rotatable bonds is 8. The standard InChI is InChI=1S/C56H39N/c1-3-12-40(13-4-1)42-24-31-50(32-25-42)57(52-35-28-46(29-36-52)54-21-11-19-45-17-9-10-20-53(45)54)51-33-26-43(27-34-51)48-30-37-55(44-15-5-2-6-16-44)56(39-48)49-23-22-41-14-7-8-18-47(41)38-49/h1-39H. The highest BCUT2D eigenvalue weighted by Crippen LogP contribution is 2.40. The van der Waals surface area contributed by atoms with Gasteiger partial charge in [-0.3, -0.25) is 0 Å². The summed E-state index contributed by atoms with van der Waals surface area (Å²) in [5.74, 6) is 0. The summed E-state index contributed by atoms with van der Waals surface area (Å²) < 4.78 is 0. The van der Waals surface area contributed by atoms with Crippen molar-refractivity contribution in [3.05, 3.63) is 237 Å². The summed E-state index contributed by atoms with van der Waals surface area (Å²) in [6, 6.07) is 85.6. The number of nitrogens with zero attached hydrogens (tertiary/aromatic N) is 1. The number of benzene rings is 10. The zero-order valence-corrected chi connectivity index (χ0v) is 31.5. The van der Waals surface area contributed by atoms with E-state index in [-0.39, 0.29) is 0 Å². The Kier molecular flexibility index (Phi) is 8.95. The highest BCUT2D eigenvalue weighted by atomic mass is 15.1. The van der Waals surface area contributed by atoms with E-state index in [0.717, 1.165) is 17.1 Å². The van der Waals surface area contributed by atoms with Gasteiger partial charge in [0.15, 0.2) is 0 Å². The van der Waals surface area contributed by atoms with Crippen LogP contribution in [0.25, 0.3) is 77.2 Å². The smallest absolute Gasteiger partial charge is 0.0462 e. The molecule has 10 rings (SSSR count). The molecule has 0 atom stereocenters. The summed E-state index contributed by atoms with van der Waals surface area (Å²) in [5, 5.41) is 5.00. The Bertz CT molecular complexity index is 2960. The van der Waals surface area contributed by atoms with Crippen LogP contribution in [0.2, 0.25) is 0 Å². The molecule has 0 heterocycles. The molecule has 0 aliphatic rings. The summed E-state index contributed by atoms with van der Waals surface area (Å²) in [6.07, 6.45) is 0. The first-order valence-corrected chi connectivity index (χ1v) is 19.6. The molecule has 1 heteroatoms. The molecule has 0 saturated carbocycles. The van der Waals surface area contributed by atoms with Crippen molar-refractivity contribution in [2.24, 2.45) is 0 Å². The van der Waals surface area contributed by atoms with Crippen molar-refractivity contribution in [2.45, 2.75) is 0 Å². The van der Waals surface area contributed by atoms with Gasteiger partial charge in [-0.2, -0.15) is 0 Å². The highest BCUT2D eigenvalue weighted by molar-refractivity contribution is 5.97. The first-order valence-electron chi connectivity index (χ1n) is 19.6. The zero-order valence-electron chi connectivity index (χ0n) is 31.5. The third-order valence-electron chi connectivity index (χ3n) is 11.1. The Balaban J connectivity index is 1.04. The second kappa shape index (κ2) is 15.0. The van der Waals surface area contributed by atoms with E-state index in [1.54, 1.807) is 0 Å². The van der Waals surface area contributed by atoms with E-state index in [2.05, 4.69) is 241 Å². The topological polar surface area (TPSA) is 3.24 Å². The van der Waals surface area contributed by atoms with E-state index in [1.165, 1.54) is 77.2 Å². The van der Waals surface area contributed by atoms with Gasteiger partial charge in [-0.25, -0.2) is 0 Å². The van der Waals surface area contributed by atoms with Crippen LogP contribution in [0.1, 0.15) is 0 Å². The van der Waals surface area contributed by atoms with Crippen LogP contribution in [0.3, 0.4) is 0 Å². The fourth-order valence-corrected chi connectivity index (χ4v) is 8.14. The summed E-state index contributed by atoms with van der Waals surface area (Å²) in [5.41, 5.74) is 15.4. The fourth-order valence-electron chi connectivity index (χ4n) is 8.14. The Morgan fingerprint density at radius 3 is 1.33 bits per heavy atom. The number of fused-ring (bicyclic) bond motifs is 2. The van der Waals surface area contributed by atoms with Crippen LogP contribution in [-0.4, -0.2) is 0 Å². The molecular weight excluding hydrogens is 687 g/mol. The van der Waals surface area contributed by atoms with Crippen molar-refractivity contribution in [1.29, 1.82) is 0 Å². The monoisotopic (exact) mass is 725 g/mol. The first-order chi connectivity index (χ1) is 28.2. The molecule has 57 heavy (non-hydrogen) atoms. The van der Waals surface area contributed by atoms with Gasteiger partial charge < -0.3 is 4.90 Å². The lowest BCUT2D eigenvalue weighted by atomic mass is 9.90. The molecule has 0 unspecified atom stereocenters. The first kappa shape index (κ1) is 34.0. The normalized spacial score (nSPS) is 11.2. The maximum Gasteiger partial charge on any atom is 0.0462 e. The average molecular weight is 726 g/mol. The number of hydrogen-bond donors (Lipinski definition) is 0. The van der Waals surface area contributed by atoms with Crippen molar-refractivity contribution in [3.8, 4) is 55.6 Å². The van der Waals surface area contributed by atoms with Gasteiger partial charge in [0.25, 0.3) is 0 Å². The Hall–Kier alpha value is -7.48. The van der Waals surface area contributed by atoms with Crippen LogP contribution in [0, 0.1) is 0 Å². The van der Waals surface area contributed by atoms with Crippen LogP contribution in [0.15, 0.2) is 237 Å². The van der Waals surface area contributed by atoms with Crippen molar-refractivity contribution in [1.82, 2.24) is 0 Å². The average Bonchev–Trinajstić information content (AvgIpc) is 3.30. The van der Waals surface area contributed by atoms with E-state index in [0.29, 0.717) is 0 Å². The molecule has 10 aromatic carbocycles. The molecule has 0 bridgehead atoms. The van der Waals surface area contributed by atoms with Gasteiger partial charge in [0.2, 0.25) is 0 Å². The molecule has 268 valence electrons. The van der Waals surface area contributed by atoms with Gasteiger partial charge in [0.05, 0.1) is 0 Å². The molecule has 0 aromatic heterocycles. The molecule has 0 saturated heterocycles. The minimum atomic E-state index is 1.10. The third-order valence-corrected chi connectivity index (χ3v) is 11.1. The van der Waals surface area contributed by atoms with Crippen LogP contribution in [0.5, 0.6) is 0 Å². The lowest BCUT2D eigenvalue weighted by Crippen LogP contribution is -2.09. The van der Waals surface area contributed by atoms with E-state index >= 15 is 0 Å². The maximum atomic E-state index is 2.35. The molecule has 0 radical (unpaired) electrons. The van der Waals surface area contributed by atoms with E-state index < -0.39 is 0 Å². The third kappa shape index (κ3) is 6.77. The van der Waals surface area contributed by atoms with Crippen molar-refractivity contribution in [2.75, 3.05) is 4.90 Å². The molecule has 0 fully saturated rings. The second-order valence-corrected chi connectivity index (χ2v) is 14.6. The summed E-state index contributed by atoms with van der Waals surface area (Å²) >= 11 is 0. The van der Waals surface area contributed by atoms with E-state index in [4.69, 9.17) is 0 Å². The molecule has 1 nitrogen and oxygen atoms in total. The quantitative estimate of drug-likeness (QED) is 0.151. The largest absolute Gasteiger partial charge is 0.311 e. The molecule has 0 aliphatic carbocycles. The SMILES string of the molecule is c1ccc(-c2ccc(N(c3ccc(-c4ccc(-c5ccccc5)c(-c5ccc6ccccc6c5)c4)cc3)c3ccc(-c4cccc5ccccc45)cc3)cc2)cc1. The lowest BCUT2D eigenvalue weighted by Gasteiger charge is -2.26. The number of hydrogen-bond acceptors (Lipinski definition) is 1. The fraction of sp³-hybridized carbons (Fsp3) is 0. The Labute approximate surface area is 334 Å². The van der Waals surface area contributed by atoms with Crippen LogP contribution in [0.4, 0.5) is 17.1 Å². The molecule has 0 N–H and O–H groups in total. The van der Waals surface area contributed by atoms with Crippen LogP contribution in [-0.2, 0) is 0 Å². The lowest BCUT2D eigenvalue weighted by molar-refractivity contribution is 1.28. The Morgan fingerprint density at radius 1 is 0.211 bits per heavy atom. The van der Waals surface area contributed by atoms with Crippen molar-refractivity contribution in [3.63, 3.8) is 0 Å². The molecule has 0 aliphatic heterocycles. The summed E-state index contributed by atoms with van der Waals surface area (Å²) in [4.78, 5) is 2.35. The molecular formula is C56H39N. The molecule has 0 spiro atoms. The minimum absolute atomic E-state index is 1.10. The van der Waals surface area contributed by atoms with Gasteiger partial charge >= 0.3 is 0 Å². The molecule has 10 aromatic rings. The zero-order chi connectivity index (χ0) is 38.0. The van der Waals surface area contributed by atoms with Gasteiger partial charge in [0.1, 0.15) is 0 Å².